The molecule has 0 radical (unpaired) electrons. The van der Waals surface area contributed by atoms with Crippen molar-refractivity contribution in [3.05, 3.63) is 29.8 Å². The molecule has 2 aliphatic rings. The Labute approximate surface area is 144 Å². The van der Waals surface area contributed by atoms with Crippen LogP contribution in [-0.4, -0.2) is 24.5 Å². The molecule has 130 valence electrons. The number of nitrogens with one attached hydrogen (secondary N) is 1. The lowest BCUT2D eigenvalue weighted by Crippen LogP contribution is -2.39. The van der Waals surface area contributed by atoms with Crippen LogP contribution >= 0.6 is 0 Å². The van der Waals surface area contributed by atoms with Crippen molar-refractivity contribution in [2.45, 2.75) is 64.0 Å². The molecule has 3 N–H and O–H groups in total. The summed E-state index contributed by atoms with van der Waals surface area (Å²) in [5.74, 6) is 0.762. The lowest BCUT2D eigenvalue weighted by molar-refractivity contribution is -0.117. The van der Waals surface area contributed by atoms with Crippen LogP contribution in [-0.2, 0) is 11.3 Å². The van der Waals surface area contributed by atoms with Gasteiger partial charge in [-0.1, -0.05) is 37.8 Å². The number of carbonyl (C=O) groups is 1. The first-order valence-electron chi connectivity index (χ1n) is 9.18. The molecule has 1 saturated carbocycles. The molecule has 1 heterocycles. The van der Waals surface area contributed by atoms with Crippen molar-refractivity contribution in [1.29, 1.82) is 0 Å². The Bertz CT molecular complexity index is 574. The van der Waals surface area contributed by atoms with E-state index >= 15 is 0 Å². The molecule has 0 aromatic heterocycles. The largest absolute Gasteiger partial charge is 0.370 e. The van der Waals surface area contributed by atoms with Crippen LogP contribution in [0.15, 0.2) is 29.3 Å². The molecular weight excluding hydrogens is 300 g/mol. The van der Waals surface area contributed by atoms with Gasteiger partial charge in [-0.05, 0) is 37.0 Å². The zero-order valence-electron chi connectivity index (χ0n) is 14.3. The van der Waals surface area contributed by atoms with Gasteiger partial charge in [-0.3, -0.25) is 4.79 Å². The van der Waals surface area contributed by atoms with Gasteiger partial charge in [0.1, 0.15) is 0 Å². The number of aliphatic imine (C=N–C) groups is 1. The van der Waals surface area contributed by atoms with Crippen LogP contribution in [0.2, 0.25) is 0 Å². The number of anilines is 1. The SMILES string of the molecule is NC(=NCc1ccc(N2CCCC2=O)cc1)NC1CCCCCC1. The highest BCUT2D eigenvalue weighted by atomic mass is 16.2. The molecule has 1 saturated heterocycles. The fourth-order valence-corrected chi connectivity index (χ4v) is 3.56. The zero-order chi connectivity index (χ0) is 16.8. The maximum atomic E-state index is 11.8. The molecular formula is C19H28N4O. The molecule has 1 aromatic rings. The Kier molecular flexibility index (Phi) is 5.72. The van der Waals surface area contributed by atoms with Gasteiger partial charge in [0, 0.05) is 24.7 Å². The molecule has 0 bridgehead atoms. The minimum Gasteiger partial charge on any atom is -0.370 e. The van der Waals surface area contributed by atoms with Crippen molar-refractivity contribution in [1.82, 2.24) is 5.32 Å². The summed E-state index contributed by atoms with van der Waals surface area (Å²) < 4.78 is 0. The Balaban J connectivity index is 1.52. The Morgan fingerprint density at radius 3 is 2.46 bits per heavy atom. The quantitative estimate of drug-likeness (QED) is 0.507. The summed E-state index contributed by atoms with van der Waals surface area (Å²) in [7, 11) is 0. The maximum absolute atomic E-state index is 11.8. The van der Waals surface area contributed by atoms with Gasteiger partial charge < -0.3 is 16.0 Å². The van der Waals surface area contributed by atoms with Gasteiger partial charge >= 0.3 is 0 Å². The number of hydrogen-bond donors (Lipinski definition) is 2. The molecule has 1 aliphatic heterocycles. The highest BCUT2D eigenvalue weighted by molar-refractivity contribution is 5.95. The van der Waals surface area contributed by atoms with Crippen LogP contribution in [0.3, 0.4) is 0 Å². The number of hydrogen-bond acceptors (Lipinski definition) is 2. The standard InChI is InChI=1S/C19H28N4O/c20-19(22-16-6-3-1-2-4-7-16)21-14-15-9-11-17(12-10-15)23-13-5-8-18(23)24/h9-12,16H,1-8,13-14H2,(H3,20,21,22). The molecule has 0 atom stereocenters. The first kappa shape index (κ1) is 16.8. The second-order valence-corrected chi connectivity index (χ2v) is 6.85. The molecule has 5 heteroatoms. The molecule has 0 spiro atoms. The van der Waals surface area contributed by atoms with Gasteiger partial charge in [-0.2, -0.15) is 0 Å². The van der Waals surface area contributed by atoms with E-state index in [2.05, 4.69) is 10.3 Å². The molecule has 3 rings (SSSR count). The summed E-state index contributed by atoms with van der Waals surface area (Å²) >= 11 is 0. The van der Waals surface area contributed by atoms with E-state index in [4.69, 9.17) is 5.73 Å². The zero-order valence-corrected chi connectivity index (χ0v) is 14.3. The fourth-order valence-electron chi connectivity index (χ4n) is 3.56. The summed E-state index contributed by atoms with van der Waals surface area (Å²) in [6, 6.07) is 8.54. The predicted molar refractivity (Wildman–Crippen MR) is 98.0 cm³/mol. The van der Waals surface area contributed by atoms with Gasteiger partial charge in [-0.15, -0.1) is 0 Å². The van der Waals surface area contributed by atoms with Crippen molar-refractivity contribution in [3.8, 4) is 0 Å². The van der Waals surface area contributed by atoms with E-state index in [1.165, 1.54) is 38.5 Å². The van der Waals surface area contributed by atoms with Crippen molar-refractivity contribution in [2.24, 2.45) is 10.7 Å². The number of carbonyl (C=O) groups excluding carboxylic acids is 1. The predicted octanol–water partition coefficient (Wildman–Crippen LogP) is 2.94. The monoisotopic (exact) mass is 328 g/mol. The normalized spacial score (nSPS) is 20.2. The lowest BCUT2D eigenvalue weighted by Gasteiger charge is -2.17. The number of guanidine groups is 1. The third-order valence-corrected chi connectivity index (χ3v) is 4.96. The van der Waals surface area contributed by atoms with E-state index < -0.39 is 0 Å². The van der Waals surface area contributed by atoms with Gasteiger partial charge in [0.15, 0.2) is 5.96 Å². The van der Waals surface area contributed by atoms with Gasteiger partial charge in [0.25, 0.3) is 0 Å². The average molecular weight is 328 g/mol. The van der Waals surface area contributed by atoms with Crippen molar-refractivity contribution in [3.63, 3.8) is 0 Å². The highest BCUT2D eigenvalue weighted by Crippen LogP contribution is 2.22. The summed E-state index contributed by atoms with van der Waals surface area (Å²) in [6.45, 7) is 1.40. The van der Waals surface area contributed by atoms with Crippen LogP contribution in [0.5, 0.6) is 0 Å². The molecule has 1 amide bonds. The van der Waals surface area contributed by atoms with Crippen molar-refractivity contribution < 1.29 is 4.79 Å². The summed E-state index contributed by atoms with van der Waals surface area (Å²) in [6.07, 6.45) is 9.22. The lowest BCUT2D eigenvalue weighted by atomic mass is 10.1. The number of rotatable bonds is 4. The van der Waals surface area contributed by atoms with Gasteiger partial charge in [0.2, 0.25) is 5.91 Å². The van der Waals surface area contributed by atoms with Crippen LogP contribution < -0.4 is 16.0 Å². The highest BCUT2D eigenvalue weighted by Gasteiger charge is 2.21. The molecule has 1 aromatic carbocycles. The van der Waals surface area contributed by atoms with Crippen LogP contribution in [0.25, 0.3) is 0 Å². The van der Waals surface area contributed by atoms with E-state index in [9.17, 15) is 4.79 Å². The maximum Gasteiger partial charge on any atom is 0.227 e. The van der Waals surface area contributed by atoms with Gasteiger partial charge in [-0.25, -0.2) is 4.99 Å². The molecule has 24 heavy (non-hydrogen) atoms. The minimum atomic E-state index is 0.220. The summed E-state index contributed by atoms with van der Waals surface area (Å²) in [4.78, 5) is 18.1. The number of nitrogens with zero attached hydrogens (tertiary/aromatic N) is 2. The number of amides is 1. The number of nitrogens with two attached hydrogens (primary N) is 1. The van der Waals surface area contributed by atoms with Crippen molar-refractivity contribution >= 4 is 17.6 Å². The first-order chi connectivity index (χ1) is 11.7. The minimum absolute atomic E-state index is 0.220. The Hall–Kier alpha value is -2.04. The van der Waals surface area contributed by atoms with E-state index in [0.29, 0.717) is 25.0 Å². The summed E-state index contributed by atoms with van der Waals surface area (Å²) in [5, 5.41) is 3.37. The smallest absolute Gasteiger partial charge is 0.227 e. The second-order valence-electron chi connectivity index (χ2n) is 6.85. The molecule has 2 fully saturated rings. The molecule has 1 aliphatic carbocycles. The third-order valence-electron chi connectivity index (χ3n) is 4.96. The molecule has 5 nitrogen and oxygen atoms in total. The van der Waals surface area contributed by atoms with E-state index in [1.807, 2.05) is 29.2 Å². The Morgan fingerprint density at radius 1 is 1.12 bits per heavy atom. The summed E-state index contributed by atoms with van der Waals surface area (Å²) in [5.41, 5.74) is 8.13. The van der Waals surface area contributed by atoms with Crippen LogP contribution in [0.1, 0.15) is 56.9 Å². The van der Waals surface area contributed by atoms with Crippen LogP contribution in [0, 0.1) is 0 Å². The topological polar surface area (TPSA) is 70.7 Å². The first-order valence-corrected chi connectivity index (χ1v) is 9.18. The fraction of sp³-hybridized carbons (Fsp3) is 0.579. The molecule has 0 unspecified atom stereocenters. The third kappa shape index (κ3) is 4.49. The van der Waals surface area contributed by atoms with Gasteiger partial charge in [0.05, 0.1) is 6.54 Å². The number of benzene rings is 1. The van der Waals surface area contributed by atoms with E-state index in [-0.39, 0.29) is 5.91 Å². The van der Waals surface area contributed by atoms with Crippen molar-refractivity contribution in [2.75, 3.05) is 11.4 Å². The van der Waals surface area contributed by atoms with E-state index in [1.54, 1.807) is 0 Å². The van der Waals surface area contributed by atoms with E-state index in [0.717, 1.165) is 24.2 Å². The Morgan fingerprint density at radius 2 is 1.83 bits per heavy atom. The average Bonchev–Trinajstić information content (AvgIpc) is 2.86. The second kappa shape index (κ2) is 8.18. The van der Waals surface area contributed by atoms with Crippen LogP contribution in [0.4, 0.5) is 5.69 Å².